The standard InChI is InChI=1S/C13H13F4NO3/c1-21-10-4-2-8(6-9(10)14)3-5-12(20)18-7-11(19)13(15,16)17/h2-6,11,19H,7H2,1H3,(H,18,20)/b5-3+. The summed E-state index contributed by atoms with van der Waals surface area (Å²) in [4.78, 5) is 11.3. The van der Waals surface area contributed by atoms with Gasteiger partial charge in [0.05, 0.1) is 13.7 Å². The molecule has 0 saturated carbocycles. The first-order valence-corrected chi connectivity index (χ1v) is 5.78. The topological polar surface area (TPSA) is 58.6 Å². The van der Waals surface area contributed by atoms with Gasteiger partial charge < -0.3 is 15.2 Å². The summed E-state index contributed by atoms with van der Waals surface area (Å²) in [7, 11) is 1.30. The Kier molecular flexibility index (Phi) is 5.71. The van der Waals surface area contributed by atoms with E-state index in [1.165, 1.54) is 25.3 Å². The van der Waals surface area contributed by atoms with Crippen LogP contribution in [0.5, 0.6) is 5.75 Å². The second-order valence-electron chi connectivity index (χ2n) is 4.03. The summed E-state index contributed by atoms with van der Waals surface area (Å²) in [5.41, 5.74) is 0.333. The number of hydrogen-bond acceptors (Lipinski definition) is 3. The number of nitrogens with one attached hydrogen (secondary N) is 1. The third-order valence-electron chi connectivity index (χ3n) is 2.45. The van der Waals surface area contributed by atoms with Gasteiger partial charge in [-0.2, -0.15) is 13.2 Å². The molecule has 1 atom stereocenters. The maximum Gasteiger partial charge on any atom is 0.416 e. The van der Waals surface area contributed by atoms with Crippen molar-refractivity contribution in [2.24, 2.45) is 0 Å². The first-order valence-electron chi connectivity index (χ1n) is 5.78. The lowest BCUT2D eigenvalue weighted by Crippen LogP contribution is -2.40. The summed E-state index contributed by atoms with van der Waals surface area (Å²) in [6.07, 6.45) is -5.27. The van der Waals surface area contributed by atoms with Crippen molar-refractivity contribution in [3.63, 3.8) is 0 Å². The van der Waals surface area contributed by atoms with Crippen LogP contribution < -0.4 is 10.1 Å². The van der Waals surface area contributed by atoms with Gasteiger partial charge in [-0.3, -0.25) is 4.79 Å². The molecule has 0 spiro atoms. The number of halogens is 4. The van der Waals surface area contributed by atoms with Gasteiger partial charge in [0.15, 0.2) is 17.7 Å². The van der Waals surface area contributed by atoms with Crippen LogP contribution in [0, 0.1) is 5.82 Å². The average Bonchev–Trinajstić information content (AvgIpc) is 2.41. The summed E-state index contributed by atoms with van der Waals surface area (Å²) < 4.78 is 54.0. The Bertz CT molecular complexity index is 529. The van der Waals surface area contributed by atoms with Crippen LogP contribution in [0.25, 0.3) is 6.08 Å². The minimum absolute atomic E-state index is 0.0323. The number of ether oxygens (including phenoxy) is 1. The van der Waals surface area contributed by atoms with Crippen LogP contribution in [-0.4, -0.2) is 36.9 Å². The molecule has 0 bridgehead atoms. The fourth-order valence-corrected chi connectivity index (χ4v) is 1.33. The van der Waals surface area contributed by atoms with Crippen LogP contribution in [-0.2, 0) is 4.79 Å². The molecule has 4 nitrogen and oxygen atoms in total. The molecule has 2 N–H and O–H groups in total. The number of aliphatic hydroxyl groups excluding tert-OH is 1. The minimum atomic E-state index is -4.80. The molecule has 0 saturated heterocycles. The van der Waals surface area contributed by atoms with Gasteiger partial charge in [0.2, 0.25) is 5.91 Å². The lowest BCUT2D eigenvalue weighted by Gasteiger charge is -2.14. The molecular formula is C13H13F4NO3. The van der Waals surface area contributed by atoms with Gasteiger partial charge in [-0.15, -0.1) is 0 Å². The normalized spacial score (nSPS) is 13.2. The Morgan fingerprint density at radius 1 is 1.48 bits per heavy atom. The fraction of sp³-hybridized carbons (Fsp3) is 0.308. The van der Waals surface area contributed by atoms with Crippen molar-refractivity contribution in [1.29, 1.82) is 0 Å². The molecule has 0 radical (unpaired) electrons. The lowest BCUT2D eigenvalue weighted by atomic mass is 10.2. The number of carbonyl (C=O) groups is 1. The van der Waals surface area contributed by atoms with E-state index >= 15 is 0 Å². The molecule has 1 rings (SSSR count). The molecule has 8 heteroatoms. The van der Waals surface area contributed by atoms with Gasteiger partial charge in [0.25, 0.3) is 0 Å². The molecule has 0 fully saturated rings. The van der Waals surface area contributed by atoms with Gasteiger partial charge in [0, 0.05) is 6.08 Å². The highest BCUT2D eigenvalue weighted by Crippen LogP contribution is 2.19. The highest BCUT2D eigenvalue weighted by Gasteiger charge is 2.37. The second kappa shape index (κ2) is 7.07. The Morgan fingerprint density at radius 2 is 2.14 bits per heavy atom. The van der Waals surface area contributed by atoms with Gasteiger partial charge in [-0.1, -0.05) is 6.07 Å². The molecule has 0 aliphatic carbocycles. The van der Waals surface area contributed by atoms with Crippen LogP contribution in [0.1, 0.15) is 5.56 Å². The van der Waals surface area contributed by atoms with Crippen molar-refractivity contribution in [1.82, 2.24) is 5.32 Å². The number of rotatable bonds is 5. The molecule has 21 heavy (non-hydrogen) atoms. The highest BCUT2D eigenvalue weighted by molar-refractivity contribution is 5.91. The van der Waals surface area contributed by atoms with E-state index in [1.54, 1.807) is 0 Å². The quantitative estimate of drug-likeness (QED) is 0.645. The molecule has 1 unspecified atom stereocenters. The smallest absolute Gasteiger partial charge is 0.416 e. The number of hydrogen-bond donors (Lipinski definition) is 2. The molecule has 1 aromatic carbocycles. The van der Waals surface area contributed by atoms with Crippen molar-refractivity contribution in [3.05, 3.63) is 35.7 Å². The zero-order chi connectivity index (χ0) is 16.0. The second-order valence-corrected chi connectivity index (χ2v) is 4.03. The van der Waals surface area contributed by atoms with E-state index in [0.29, 0.717) is 5.56 Å². The average molecular weight is 307 g/mol. The Hall–Kier alpha value is -2.09. The lowest BCUT2D eigenvalue weighted by molar-refractivity contribution is -0.201. The number of carbonyl (C=O) groups excluding carboxylic acids is 1. The Morgan fingerprint density at radius 3 is 2.67 bits per heavy atom. The SMILES string of the molecule is COc1ccc(/C=C/C(=O)NCC(O)C(F)(F)F)cc1F. The van der Waals surface area contributed by atoms with Gasteiger partial charge in [-0.05, 0) is 23.8 Å². The van der Waals surface area contributed by atoms with E-state index in [9.17, 15) is 22.4 Å². The maximum atomic E-state index is 13.3. The van der Waals surface area contributed by atoms with Crippen LogP contribution in [0.4, 0.5) is 17.6 Å². The predicted octanol–water partition coefficient (Wildman–Crippen LogP) is 1.89. The molecule has 0 aliphatic heterocycles. The van der Waals surface area contributed by atoms with E-state index in [2.05, 4.69) is 0 Å². The minimum Gasteiger partial charge on any atom is -0.494 e. The number of amides is 1. The molecule has 0 heterocycles. The number of alkyl halides is 3. The predicted molar refractivity (Wildman–Crippen MR) is 67.1 cm³/mol. The molecule has 116 valence electrons. The van der Waals surface area contributed by atoms with Crippen LogP contribution >= 0.6 is 0 Å². The first kappa shape index (κ1) is 17.0. The summed E-state index contributed by atoms with van der Waals surface area (Å²) in [6, 6.07) is 3.92. The zero-order valence-corrected chi connectivity index (χ0v) is 10.9. The van der Waals surface area contributed by atoms with Gasteiger partial charge in [0.1, 0.15) is 0 Å². The molecule has 1 aromatic rings. The van der Waals surface area contributed by atoms with Crippen molar-refractivity contribution in [2.45, 2.75) is 12.3 Å². The van der Waals surface area contributed by atoms with E-state index in [4.69, 9.17) is 9.84 Å². The van der Waals surface area contributed by atoms with E-state index in [1.807, 2.05) is 5.32 Å². The Labute approximate surface area is 118 Å². The molecule has 0 aliphatic rings. The largest absolute Gasteiger partial charge is 0.494 e. The molecular weight excluding hydrogens is 294 g/mol. The van der Waals surface area contributed by atoms with Gasteiger partial charge >= 0.3 is 6.18 Å². The molecule has 1 amide bonds. The van der Waals surface area contributed by atoms with Crippen molar-refractivity contribution >= 4 is 12.0 Å². The Balaban J connectivity index is 2.56. The maximum absolute atomic E-state index is 13.3. The highest BCUT2D eigenvalue weighted by atomic mass is 19.4. The van der Waals surface area contributed by atoms with E-state index < -0.39 is 30.5 Å². The summed E-state index contributed by atoms with van der Waals surface area (Å²) in [5, 5.41) is 10.6. The third-order valence-corrected chi connectivity index (χ3v) is 2.45. The van der Waals surface area contributed by atoms with Crippen molar-refractivity contribution in [2.75, 3.05) is 13.7 Å². The van der Waals surface area contributed by atoms with E-state index in [-0.39, 0.29) is 5.75 Å². The number of methoxy groups -OCH3 is 1. The van der Waals surface area contributed by atoms with Crippen LogP contribution in [0.3, 0.4) is 0 Å². The summed E-state index contributed by atoms with van der Waals surface area (Å²) in [6.45, 7) is -0.955. The van der Waals surface area contributed by atoms with Crippen LogP contribution in [0.2, 0.25) is 0 Å². The van der Waals surface area contributed by atoms with Gasteiger partial charge in [-0.25, -0.2) is 4.39 Å². The van der Waals surface area contributed by atoms with Crippen molar-refractivity contribution in [3.8, 4) is 5.75 Å². The first-order chi connectivity index (χ1) is 9.74. The summed E-state index contributed by atoms with van der Waals surface area (Å²) >= 11 is 0. The zero-order valence-electron chi connectivity index (χ0n) is 10.9. The monoisotopic (exact) mass is 307 g/mol. The fourth-order valence-electron chi connectivity index (χ4n) is 1.33. The molecule has 0 aromatic heterocycles. The van der Waals surface area contributed by atoms with Crippen LogP contribution in [0.15, 0.2) is 24.3 Å². The van der Waals surface area contributed by atoms with E-state index in [0.717, 1.165) is 12.1 Å². The summed E-state index contributed by atoms with van der Waals surface area (Å²) in [5.74, 6) is -1.44. The number of benzene rings is 1. The van der Waals surface area contributed by atoms with Crippen molar-refractivity contribution < 1.29 is 32.2 Å². The number of aliphatic hydroxyl groups is 1. The third kappa shape index (κ3) is 5.42.